The zero-order valence-corrected chi connectivity index (χ0v) is 10.5. The summed E-state index contributed by atoms with van der Waals surface area (Å²) in [6.07, 6.45) is 4.89. The zero-order valence-electron chi connectivity index (χ0n) is 10.5. The molecule has 2 rings (SSSR count). The highest BCUT2D eigenvalue weighted by Gasteiger charge is 2.23. The molecule has 1 N–H and O–H groups in total. The highest BCUT2D eigenvalue weighted by Crippen LogP contribution is 2.36. The van der Waals surface area contributed by atoms with Gasteiger partial charge in [0, 0.05) is 17.7 Å². The summed E-state index contributed by atoms with van der Waals surface area (Å²) in [6, 6.07) is 5.21. The molecule has 1 unspecified atom stereocenters. The summed E-state index contributed by atoms with van der Waals surface area (Å²) in [4.78, 5) is 0. The van der Waals surface area contributed by atoms with Crippen LogP contribution in [0.3, 0.4) is 0 Å². The van der Waals surface area contributed by atoms with Gasteiger partial charge in [-0.05, 0) is 31.9 Å². The van der Waals surface area contributed by atoms with Crippen molar-refractivity contribution in [3.63, 3.8) is 0 Å². The third kappa shape index (κ3) is 3.19. The summed E-state index contributed by atoms with van der Waals surface area (Å²) in [5, 5.41) is 3.20. The molecule has 1 fully saturated rings. The molecular weight excluding hydrogens is 217 g/mol. The number of benzene rings is 1. The van der Waals surface area contributed by atoms with Gasteiger partial charge in [-0.2, -0.15) is 0 Å². The molecule has 0 radical (unpaired) electrons. The number of hydrogen-bond acceptors (Lipinski definition) is 2. The third-order valence-electron chi connectivity index (χ3n) is 3.49. The smallest absolute Gasteiger partial charge is 0.131 e. The van der Waals surface area contributed by atoms with Crippen molar-refractivity contribution in [1.29, 1.82) is 0 Å². The molecule has 17 heavy (non-hydrogen) atoms. The Kier molecular flexibility index (Phi) is 4.00. The molecule has 1 aliphatic rings. The minimum Gasteiger partial charge on any atom is -0.497 e. The molecule has 1 atom stereocenters. The number of hydrogen-bond donors (Lipinski definition) is 1. The third-order valence-corrected chi connectivity index (χ3v) is 3.49. The molecule has 0 heterocycles. The van der Waals surface area contributed by atoms with Crippen molar-refractivity contribution in [2.45, 2.75) is 31.7 Å². The minimum absolute atomic E-state index is 0.113. The van der Waals surface area contributed by atoms with E-state index in [1.165, 1.54) is 25.3 Å². The van der Waals surface area contributed by atoms with Gasteiger partial charge in [-0.15, -0.1) is 0 Å². The Morgan fingerprint density at radius 2 is 2.24 bits per heavy atom. The average Bonchev–Trinajstić information content (AvgIpc) is 3.15. The van der Waals surface area contributed by atoms with Crippen LogP contribution in [-0.2, 0) is 0 Å². The van der Waals surface area contributed by atoms with Gasteiger partial charge >= 0.3 is 0 Å². The highest BCUT2D eigenvalue weighted by atomic mass is 19.1. The number of methoxy groups -OCH3 is 1. The van der Waals surface area contributed by atoms with Gasteiger partial charge in [0.2, 0.25) is 0 Å². The normalized spacial score (nSPS) is 16.9. The molecular formula is C14H20FNO. The van der Waals surface area contributed by atoms with Crippen LogP contribution < -0.4 is 10.1 Å². The van der Waals surface area contributed by atoms with Crippen LogP contribution in [0.5, 0.6) is 5.75 Å². The van der Waals surface area contributed by atoms with E-state index in [9.17, 15) is 4.39 Å². The molecule has 1 aromatic carbocycles. The van der Waals surface area contributed by atoms with Gasteiger partial charge in [0.15, 0.2) is 0 Å². The fourth-order valence-electron chi connectivity index (χ4n) is 2.18. The number of ether oxygens (including phenoxy) is 1. The Labute approximate surface area is 102 Å². The maximum absolute atomic E-state index is 13.9. The monoisotopic (exact) mass is 237 g/mol. The second kappa shape index (κ2) is 5.50. The van der Waals surface area contributed by atoms with Crippen LogP contribution in [0.4, 0.5) is 4.39 Å². The van der Waals surface area contributed by atoms with Gasteiger partial charge in [0.05, 0.1) is 7.11 Å². The molecule has 1 aromatic rings. The van der Waals surface area contributed by atoms with Crippen LogP contribution in [0.2, 0.25) is 0 Å². The quantitative estimate of drug-likeness (QED) is 0.819. The lowest BCUT2D eigenvalue weighted by Gasteiger charge is -2.17. The second-order valence-electron chi connectivity index (χ2n) is 4.75. The standard InChI is InChI=1S/C14H20FNO/c1-16-14(8-5-10-3-4-10)12-7-6-11(17-2)9-13(12)15/h6-7,9-10,14,16H,3-5,8H2,1-2H3. The second-order valence-corrected chi connectivity index (χ2v) is 4.75. The Hall–Kier alpha value is -1.09. The lowest BCUT2D eigenvalue weighted by atomic mass is 10.00. The first-order valence-corrected chi connectivity index (χ1v) is 6.25. The van der Waals surface area contributed by atoms with Crippen molar-refractivity contribution in [2.75, 3.05) is 14.2 Å². The van der Waals surface area contributed by atoms with E-state index >= 15 is 0 Å². The van der Waals surface area contributed by atoms with Crippen molar-refractivity contribution >= 4 is 0 Å². The summed E-state index contributed by atoms with van der Waals surface area (Å²) in [5.74, 6) is 1.27. The van der Waals surface area contributed by atoms with Gasteiger partial charge in [-0.1, -0.05) is 18.9 Å². The predicted octanol–water partition coefficient (Wildman–Crippen LogP) is 3.29. The molecule has 0 saturated heterocycles. The van der Waals surface area contributed by atoms with E-state index in [0.29, 0.717) is 5.75 Å². The maximum atomic E-state index is 13.9. The van der Waals surface area contributed by atoms with Crippen molar-refractivity contribution in [2.24, 2.45) is 5.92 Å². The summed E-state index contributed by atoms with van der Waals surface area (Å²) >= 11 is 0. The average molecular weight is 237 g/mol. The van der Waals surface area contributed by atoms with Crippen molar-refractivity contribution < 1.29 is 9.13 Å². The fraction of sp³-hybridized carbons (Fsp3) is 0.571. The summed E-state index contributed by atoms with van der Waals surface area (Å²) in [6.45, 7) is 0. The van der Waals surface area contributed by atoms with Gasteiger partial charge in [0.1, 0.15) is 11.6 Å². The first-order valence-electron chi connectivity index (χ1n) is 6.25. The van der Waals surface area contributed by atoms with Crippen molar-refractivity contribution in [3.8, 4) is 5.75 Å². The van der Waals surface area contributed by atoms with E-state index in [0.717, 1.165) is 17.9 Å². The largest absolute Gasteiger partial charge is 0.497 e. The Bertz CT molecular complexity index is 376. The van der Waals surface area contributed by atoms with Crippen molar-refractivity contribution in [1.82, 2.24) is 5.32 Å². The van der Waals surface area contributed by atoms with Crippen LogP contribution in [-0.4, -0.2) is 14.2 Å². The van der Waals surface area contributed by atoms with Crippen LogP contribution in [0.1, 0.15) is 37.3 Å². The number of nitrogens with one attached hydrogen (secondary N) is 1. The van der Waals surface area contributed by atoms with E-state index < -0.39 is 0 Å². The highest BCUT2D eigenvalue weighted by molar-refractivity contribution is 5.30. The van der Waals surface area contributed by atoms with Gasteiger partial charge in [0.25, 0.3) is 0 Å². The van der Waals surface area contributed by atoms with Crippen LogP contribution in [0.25, 0.3) is 0 Å². The van der Waals surface area contributed by atoms with E-state index in [-0.39, 0.29) is 11.9 Å². The first kappa shape index (κ1) is 12.4. The lowest BCUT2D eigenvalue weighted by Crippen LogP contribution is -2.17. The lowest BCUT2D eigenvalue weighted by molar-refractivity contribution is 0.408. The maximum Gasteiger partial charge on any atom is 0.131 e. The molecule has 0 aromatic heterocycles. The van der Waals surface area contributed by atoms with E-state index in [4.69, 9.17) is 4.74 Å². The van der Waals surface area contributed by atoms with E-state index in [1.807, 2.05) is 19.2 Å². The van der Waals surface area contributed by atoms with Crippen LogP contribution >= 0.6 is 0 Å². The van der Waals surface area contributed by atoms with Crippen LogP contribution in [0.15, 0.2) is 18.2 Å². The molecule has 0 aliphatic heterocycles. The van der Waals surface area contributed by atoms with E-state index in [1.54, 1.807) is 7.11 Å². The fourth-order valence-corrected chi connectivity index (χ4v) is 2.18. The first-order chi connectivity index (χ1) is 8.24. The molecule has 0 spiro atoms. The summed E-state index contributed by atoms with van der Waals surface area (Å²) in [5.41, 5.74) is 0.744. The van der Waals surface area contributed by atoms with Crippen LogP contribution in [0, 0.1) is 11.7 Å². The number of rotatable bonds is 6. The molecule has 94 valence electrons. The zero-order chi connectivity index (χ0) is 12.3. The predicted molar refractivity (Wildman–Crippen MR) is 66.7 cm³/mol. The molecule has 1 aliphatic carbocycles. The molecule has 3 heteroatoms. The summed E-state index contributed by atoms with van der Waals surface area (Å²) < 4.78 is 18.9. The molecule has 2 nitrogen and oxygen atoms in total. The van der Waals surface area contributed by atoms with Gasteiger partial charge in [-0.3, -0.25) is 0 Å². The SMILES string of the molecule is CNC(CCC1CC1)c1ccc(OC)cc1F. The van der Waals surface area contributed by atoms with Crippen molar-refractivity contribution in [3.05, 3.63) is 29.6 Å². The summed E-state index contributed by atoms with van der Waals surface area (Å²) in [7, 11) is 3.44. The Morgan fingerprint density at radius 3 is 2.76 bits per heavy atom. The Morgan fingerprint density at radius 1 is 1.47 bits per heavy atom. The number of halogens is 1. The van der Waals surface area contributed by atoms with Gasteiger partial charge in [-0.25, -0.2) is 4.39 Å². The molecule has 1 saturated carbocycles. The molecule has 0 amide bonds. The minimum atomic E-state index is -0.181. The molecule has 0 bridgehead atoms. The topological polar surface area (TPSA) is 21.3 Å². The Balaban J connectivity index is 2.05. The van der Waals surface area contributed by atoms with E-state index in [2.05, 4.69) is 5.32 Å². The van der Waals surface area contributed by atoms with Gasteiger partial charge < -0.3 is 10.1 Å².